The Labute approximate surface area is 181 Å². The van der Waals surface area contributed by atoms with E-state index in [1.54, 1.807) is 23.1 Å². The number of halogens is 2. The molecule has 7 heteroatoms. The van der Waals surface area contributed by atoms with Gasteiger partial charge in [0, 0.05) is 35.0 Å². The highest BCUT2D eigenvalue weighted by molar-refractivity contribution is 6.35. The summed E-state index contributed by atoms with van der Waals surface area (Å²) in [4.78, 5) is 14.5. The van der Waals surface area contributed by atoms with Gasteiger partial charge in [0.25, 0.3) is 0 Å². The number of hydrogen-bond donors (Lipinski definition) is 3. The molecule has 2 aromatic carbocycles. The van der Waals surface area contributed by atoms with Crippen LogP contribution in [0.1, 0.15) is 36.1 Å². The van der Waals surface area contributed by atoms with Crippen molar-refractivity contribution in [3.05, 3.63) is 74.8 Å². The minimum atomic E-state index is -0.680. The van der Waals surface area contributed by atoms with Gasteiger partial charge in [-0.25, -0.2) is 0 Å². The molecule has 0 saturated heterocycles. The zero-order chi connectivity index (χ0) is 21.6. The van der Waals surface area contributed by atoms with Gasteiger partial charge in [-0.1, -0.05) is 55.2 Å². The minimum absolute atomic E-state index is 0.123. The average molecular weight is 433 g/mol. The maximum atomic E-state index is 12.8. The molecule has 1 amide bonds. The van der Waals surface area contributed by atoms with E-state index in [1.807, 2.05) is 32.0 Å². The molecule has 0 saturated carbocycles. The molecule has 1 unspecified atom stereocenters. The van der Waals surface area contributed by atoms with E-state index in [0.29, 0.717) is 35.3 Å². The maximum absolute atomic E-state index is 12.8. The summed E-state index contributed by atoms with van der Waals surface area (Å²) in [7, 11) is 0. The first-order valence-electron chi connectivity index (χ1n) is 9.45. The van der Waals surface area contributed by atoms with Gasteiger partial charge in [-0.15, -0.1) is 0 Å². The molecule has 0 aliphatic carbocycles. The topological polar surface area (TPSA) is 96.2 Å². The van der Waals surface area contributed by atoms with Crippen molar-refractivity contribution in [3.8, 4) is 0 Å². The SMILES string of the molecule is CC.N=C/C=C(\N)c1ccc2c(c1)CN(C(=O)C(N)Cc1ccc(Cl)cc1Cl)C2. The Morgan fingerprint density at radius 3 is 2.52 bits per heavy atom. The summed E-state index contributed by atoms with van der Waals surface area (Å²) in [6.07, 6.45) is 3.03. The molecule has 0 aromatic heterocycles. The number of carbonyl (C=O) groups excluding carboxylic acids is 1. The van der Waals surface area contributed by atoms with Crippen molar-refractivity contribution < 1.29 is 4.79 Å². The monoisotopic (exact) mass is 432 g/mol. The van der Waals surface area contributed by atoms with E-state index in [2.05, 4.69) is 0 Å². The molecule has 0 spiro atoms. The Kier molecular flexibility index (Phi) is 8.26. The summed E-state index contributed by atoms with van der Waals surface area (Å²) in [5.74, 6) is -0.123. The first-order chi connectivity index (χ1) is 13.9. The number of allylic oxidation sites excluding steroid dienone is 1. The number of carbonyl (C=O) groups is 1. The van der Waals surface area contributed by atoms with Crippen LogP contribution in [0.15, 0.2) is 42.5 Å². The standard InChI is InChI=1S/C20H20Cl2N4O.C2H6/c21-16-4-3-12(17(22)9-16)8-19(25)20(27)26-10-14-2-1-13(7-15(14)11-26)18(24)5-6-23;1-2/h1-7,9,19,23H,8,10-11,24-25H2;1-2H3/b18-5-,23-6?;. The lowest BCUT2D eigenvalue weighted by Crippen LogP contribution is -2.42. The number of nitrogens with two attached hydrogens (primary N) is 2. The van der Waals surface area contributed by atoms with Crippen molar-refractivity contribution >= 4 is 41.0 Å². The Morgan fingerprint density at radius 2 is 1.86 bits per heavy atom. The quantitative estimate of drug-likeness (QED) is 0.611. The van der Waals surface area contributed by atoms with Gasteiger partial charge in [-0.2, -0.15) is 0 Å². The van der Waals surface area contributed by atoms with Crippen LogP contribution in [0.25, 0.3) is 5.70 Å². The first kappa shape index (κ1) is 22.9. The second kappa shape index (κ2) is 10.4. The number of hydrogen-bond acceptors (Lipinski definition) is 4. The van der Waals surface area contributed by atoms with Crippen LogP contribution >= 0.6 is 23.2 Å². The van der Waals surface area contributed by atoms with Crippen molar-refractivity contribution in [1.29, 1.82) is 5.41 Å². The van der Waals surface area contributed by atoms with Crippen LogP contribution in [0.4, 0.5) is 0 Å². The van der Waals surface area contributed by atoms with E-state index in [4.69, 9.17) is 40.1 Å². The van der Waals surface area contributed by atoms with Crippen LogP contribution in [-0.2, 0) is 24.3 Å². The third kappa shape index (κ3) is 5.60. The largest absolute Gasteiger partial charge is 0.398 e. The molecule has 5 N–H and O–H groups in total. The third-order valence-electron chi connectivity index (χ3n) is 4.61. The van der Waals surface area contributed by atoms with Crippen molar-refractivity contribution in [2.24, 2.45) is 11.5 Å². The second-order valence-electron chi connectivity index (χ2n) is 6.51. The number of nitrogens with zero attached hydrogens (tertiary/aromatic N) is 1. The zero-order valence-electron chi connectivity index (χ0n) is 16.6. The molecule has 0 radical (unpaired) electrons. The van der Waals surface area contributed by atoms with Crippen molar-refractivity contribution in [1.82, 2.24) is 4.90 Å². The highest BCUT2D eigenvalue weighted by Gasteiger charge is 2.28. The van der Waals surface area contributed by atoms with Crippen LogP contribution < -0.4 is 11.5 Å². The first-order valence-corrected chi connectivity index (χ1v) is 10.2. The van der Waals surface area contributed by atoms with Crippen molar-refractivity contribution in [2.75, 3.05) is 0 Å². The molecule has 3 rings (SSSR count). The number of nitrogens with one attached hydrogen (secondary N) is 1. The van der Waals surface area contributed by atoms with Gasteiger partial charge >= 0.3 is 0 Å². The van der Waals surface area contributed by atoms with Crippen molar-refractivity contribution in [2.45, 2.75) is 39.4 Å². The molecule has 0 bridgehead atoms. The van der Waals surface area contributed by atoms with Gasteiger partial charge in [0.2, 0.25) is 5.91 Å². The van der Waals surface area contributed by atoms with Crippen LogP contribution in [0, 0.1) is 5.41 Å². The number of benzene rings is 2. The molecule has 29 heavy (non-hydrogen) atoms. The lowest BCUT2D eigenvalue weighted by molar-refractivity contribution is -0.133. The third-order valence-corrected chi connectivity index (χ3v) is 5.20. The lowest BCUT2D eigenvalue weighted by atomic mass is 10.0. The smallest absolute Gasteiger partial charge is 0.240 e. The molecular formula is C22H26Cl2N4O. The molecular weight excluding hydrogens is 407 g/mol. The van der Waals surface area contributed by atoms with Gasteiger partial charge in [0.15, 0.2) is 0 Å². The normalized spacial score (nSPS) is 14.0. The summed E-state index contributed by atoms with van der Waals surface area (Å²) in [5.41, 5.74) is 16.4. The summed E-state index contributed by atoms with van der Waals surface area (Å²) in [6.45, 7) is 5.01. The lowest BCUT2D eigenvalue weighted by Gasteiger charge is -2.20. The summed E-state index contributed by atoms with van der Waals surface area (Å²) in [5, 5.41) is 8.18. The van der Waals surface area contributed by atoms with E-state index in [9.17, 15) is 4.79 Å². The molecule has 2 aromatic rings. The molecule has 0 fully saturated rings. The molecule has 1 atom stereocenters. The van der Waals surface area contributed by atoms with Crippen LogP contribution in [0.2, 0.25) is 10.0 Å². The Morgan fingerprint density at radius 1 is 1.17 bits per heavy atom. The predicted molar refractivity (Wildman–Crippen MR) is 121 cm³/mol. The van der Waals surface area contributed by atoms with Gasteiger partial charge in [-0.3, -0.25) is 4.79 Å². The van der Waals surface area contributed by atoms with Crippen LogP contribution in [0.5, 0.6) is 0 Å². The van der Waals surface area contributed by atoms with Gasteiger partial charge in [-0.05, 0) is 52.9 Å². The fourth-order valence-corrected chi connectivity index (χ4v) is 3.65. The fraction of sp³-hybridized carbons (Fsp3) is 0.273. The molecule has 5 nitrogen and oxygen atoms in total. The van der Waals surface area contributed by atoms with Crippen molar-refractivity contribution in [3.63, 3.8) is 0 Å². The Hall–Kier alpha value is -2.34. The molecule has 1 heterocycles. The summed E-state index contributed by atoms with van der Waals surface area (Å²) in [6, 6.07) is 10.3. The summed E-state index contributed by atoms with van der Waals surface area (Å²) < 4.78 is 0. The van der Waals surface area contributed by atoms with Gasteiger partial charge < -0.3 is 21.8 Å². The predicted octanol–water partition coefficient (Wildman–Crippen LogP) is 4.38. The number of rotatable bonds is 5. The van der Waals surface area contributed by atoms with Crippen LogP contribution in [0.3, 0.4) is 0 Å². The fourth-order valence-electron chi connectivity index (χ4n) is 3.16. The highest BCUT2D eigenvalue weighted by Crippen LogP contribution is 2.27. The highest BCUT2D eigenvalue weighted by atomic mass is 35.5. The van der Waals surface area contributed by atoms with Gasteiger partial charge in [0.05, 0.1) is 6.04 Å². The van der Waals surface area contributed by atoms with E-state index >= 15 is 0 Å². The summed E-state index contributed by atoms with van der Waals surface area (Å²) >= 11 is 12.1. The second-order valence-corrected chi connectivity index (χ2v) is 7.36. The number of fused-ring (bicyclic) bond motifs is 1. The Bertz CT molecular complexity index is 927. The zero-order valence-corrected chi connectivity index (χ0v) is 18.1. The molecule has 1 aliphatic rings. The Balaban J connectivity index is 0.00000145. The van der Waals surface area contributed by atoms with Gasteiger partial charge in [0.1, 0.15) is 0 Å². The number of amides is 1. The van der Waals surface area contributed by atoms with E-state index in [0.717, 1.165) is 28.5 Å². The van der Waals surface area contributed by atoms with E-state index in [-0.39, 0.29) is 5.91 Å². The molecule has 154 valence electrons. The molecule has 1 aliphatic heterocycles. The maximum Gasteiger partial charge on any atom is 0.240 e. The van der Waals surface area contributed by atoms with E-state index in [1.165, 1.54) is 6.08 Å². The average Bonchev–Trinajstić information content (AvgIpc) is 3.14. The van der Waals surface area contributed by atoms with Crippen LogP contribution in [-0.4, -0.2) is 23.1 Å². The van der Waals surface area contributed by atoms with E-state index < -0.39 is 6.04 Å². The minimum Gasteiger partial charge on any atom is -0.398 e.